The van der Waals surface area contributed by atoms with Crippen LogP contribution in [0.2, 0.25) is 10.0 Å². The van der Waals surface area contributed by atoms with Gasteiger partial charge in [-0.1, -0.05) is 35.3 Å². The fourth-order valence-corrected chi connectivity index (χ4v) is 2.85. The smallest absolute Gasteiger partial charge is 0.0595 e. The monoisotopic (exact) mass is 300 g/mol. The van der Waals surface area contributed by atoms with Gasteiger partial charge in [-0.05, 0) is 48.4 Å². The Morgan fingerprint density at radius 2 is 2.00 bits per heavy atom. The molecule has 1 aromatic heterocycles. The number of aryl methyl sites for hydroxylation is 1. The lowest BCUT2D eigenvalue weighted by atomic mass is 10.0. The molecule has 0 radical (unpaired) electrons. The number of hydrogen-bond donors (Lipinski definition) is 1. The lowest BCUT2D eigenvalue weighted by molar-refractivity contribution is 0.165. The summed E-state index contributed by atoms with van der Waals surface area (Å²) < 4.78 is 0. The van der Waals surface area contributed by atoms with Crippen LogP contribution >= 0.6 is 34.5 Å². The van der Waals surface area contributed by atoms with Crippen molar-refractivity contribution in [2.75, 3.05) is 0 Å². The highest BCUT2D eigenvalue weighted by Gasteiger charge is 2.08. The molecular weight excluding hydrogens is 287 g/mol. The molecule has 1 atom stereocenters. The minimum Gasteiger partial charge on any atom is -0.393 e. The summed E-state index contributed by atoms with van der Waals surface area (Å²) in [5, 5.41) is 13.1. The maximum Gasteiger partial charge on any atom is 0.0595 e. The topological polar surface area (TPSA) is 20.2 Å². The standard InChI is InChI=1S/C14H14Cl2OS/c15-13-6-3-10(9-14(13)16)8-11(17)4-5-12-2-1-7-18-12/h1-3,6-7,9,11,17H,4-5,8H2. The van der Waals surface area contributed by atoms with Gasteiger partial charge in [-0.3, -0.25) is 0 Å². The van der Waals surface area contributed by atoms with E-state index < -0.39 is 0 Å². The van der Waals surface area contributed by atoms with Gasteiger partial charge >= 0.3 is 0 Å². The van der Waals surface area contributed by atoms with E-state index in [1.54, 1.807) is 17.4 Å². The molecular formula is C14H14Cl2OS. The molecule has 0 aliphatic carbocycles. The van der Waals surface area contributed by atoms with E-state index in [2.05, 4.69) is 11.4 Å². The Morgan fingerprint density at radius 3 is 2.67 bits per heavy atom. The third kappa shape index (κ3) is 3.99. The second-order valence-electron chi connectivity index (χ2n) is 4.22. The Bertz CT molecular complexity index is 497. The van der Waals surface area contributed by atoms with E-state index in [1.807, 2.05) is 18.2 Å². The Kier molecular flexibility index (Phi) is 5.07. The van der Waals surface area contributed by atoms with Crippen molar-refractivity contribution in [1.82, 2.24) is 0 Å². The van der Waals surface area contributed by atoms with Gasteiger partial charge in [-0.2, -0.15) is 0 Å². The normalized spacial score (nSPS) is 12.6. The van der Waals surface area contributed by atoms with E-state index in [-0.39, 0.29) is 6.10 Å². The van der Waals surface area contributed by atoms with Crippen LogP contribution in [0.5, 0.6) is 0 Å². The zero-order valence-corrected chi connectivity index (χ0v) is 12.1. The molecule has 0 spiro atoms. The van der Waals surface area contributed by atoms with E-state index in [0.29, 0.717) is 16.5 Å². The third-order valence-electron chi connectivity index (χ3n) is 2.76. The van der Waals surface area contributed by atoms with Crippen molar-refractivity contribution >= 4 is 34.5 Å². The first-order chi connectivity index (χ1) is 8.65. The highest BCUT2D eigenvalue weighted by molar-refractivity contribution is 7.09. The summed E-state index contributed by atoms with van der Waals surface area (Å²) >= 11 is 13.5. The number of rotatable bonds is 5. The largest absolute Gasteiger partial charge is 0.393 e. The summed E-state index contributed by atoms with van der Waals surface area (Å²) in [6, 6.07) is 9.62. The fraction of sp³-hybridized carbons (Fsp3) is 0.286. The molecule has 0 aliphatic rings. The van der Waals surface area contributed by atoms with Crippen molar-refractivity contribution in [1.29, 1.82) is 0 Å². The lowest BCUT2D eigenvalue weighted by Crippen LogP contribution is -2.11. The van der Waals surface area contributed by atoms with Gasteiger partial charge in [-0.25, -0.2) is 0 Å². The van der Waals surface area contributed by atoms with E-state index in [9.17, 15) is 5.11 Å². The van der Waals surface area contributed by atoms with Gasteiger partial charge in [0, 0.05) is 4.88 Å². The maximum absolute atomic E-state index is 9.99. The number of thiophene rings is 1. The van der Waals surface area contributed by atoms with Crippen LogP contribution in [0, 0.1) is 0 Å². The molecule has 0 saturated carbocycles. The van der Waals surface area contributed by atoms with Gasteiger partial charge in [0.2, 0.25) is 0 Å². The van der Waals surface area contributed by atoms with Crippen LogP contribution in [0.1, 0.15) is 16.9 Å². The average Bonchev–Trinajstić information content (AvgIpc) is 2.84. The maximum atomic E-state index is 9.99. The summed E-state index contributed by atoms with van der Waals surface area (Å²) in [4.78, 5) is 1.31. The molecule has 4 heteroatoms. The number of aliphatic hydroxyl groups is 1. The second kappa shape index (κ2) is 6.58. The van der Waals surface area contributed by atoms with Gasteiger partial charge in [0.15, 0.2) is 0 Å². The zero-order chi connectivity index (χ0) is 13.0. The van der Waals surface area contributed by atoms with Crippen molar-refractivity contribution in [3.8, 4) is 0 Å². The van der Waals surface area contributed by atoms with Crippen molar-refractivity contribution in [3.05, 3.63) is 56.2 Å². The molecule has 0 fully saturated rings. The molecule has 2 aromatic rings. The highest BCUT2D eigenvalue weighted by Crippen LogP contribution is 2.23. The highest BCUT2D eigenvalue weighted by atomic mass is 35.5. The summed E-state index contributed by atoms with van der Waals surface area (Å²) in [6.07, 6.45) is 1.95. The van der Waals surface area contributed by atoms with E-state index in [4.69, 9.17) is 23.2 Å². The quantitative estimate of drug-likeness (QED) is 0.856. The first kappa shape index (κ1) is 13.9. The van der Waals surface area contributed by atoms with Crippen LogP contribution < -0.4 is 0 Å². The average molecular weight is 301 g/mol. The lowest BCUT2D eigenvalue weighted by Gasteiger charge is -2.10. The Hall–Kier alpha value is -0.540. The SMILES string of the molecule is OC(CCc1cccs1)Cc1ccc(Cl)c(Cl)c1. The molecule has 1 aromatic carbocycles. The minimum absolute atomic E-state index is 0.343. The number of benzene rings is 1. The molecule has 0 saturated heterocycles. The molecule has 1 N–H and O–H groups in total. The van der Waals surface area contributed by atoms with Crippen molar-refractivity contribution in [2.45, 2.75) is 25.4 Å². The van der Waals surface area contributed by atoms with Gasteiger partial charge in [0.05, 0.1) is 16.1 Å². The predicted molar refractivity (Wildman–Crippen MR) is 78.8 cm³/mol. The Labute approximate surface area is 121 Å². The van der Waals surface area contributed by atoms with Crippen LogP contribution in [0.3, 0.4) is 0 Å². The number of hydrogen-bond acceptors (Lipinski definition) is 2. The molecule has 1 nitrogen and oxygen atoms in total. The summed E-state index contributed by atoms with van der Waals surface area (Å²) in [5.41, 5.74) is 1.02. The van der Waals surface area contributed by atoms with Gasteiger partial charge in [-0.15, -0.1) is 11.3 Å². The molecule has 18 heavy (non-hydrogen) atoms. The first-order valence-corrected chi connectivity index (χ1v) is 7.43. The number of aliphatic hydroxyl groups excluding tert-OH is 1. The molecule has 0 aliphatic heterocycles. The molecule has 96 valence electrons. The van der Waals surface area contributed by atoms with Crippen LogP contribution in [0.4, 0.5) is 0 Å². The van der Waals surface area contributed by atoms with Crippen LogP contribution in [-0.2, 0) is 12.8 Å². The van der Waals surface area contributed by atoms with Gasteiger partial charge in [0.25, 0.3) is 0 Å². The van der Waals surface area contributed by atoms with Crippen LogP contribution in [0.25, 0.3) is 0 Å². The molecule has 0 amide bonds. The van der Waals surface area contributed by atoms with Gasteiger partial charge in [0.1, 0.15) is 0 Å². The second-order valence-corrected chi connectivity index (χ2v) is 6.07. The van der Waals surface area contributed by atoms with Crippen molar-refractivity contribution in [3.63, 3.8) is 0 Å². The first-order valence-electron chi connectivity index (χ1n) is 5.79. The fourth-order valence-electron chi connectivity index (χ4n) is 1.80. The summed E-state index contributed by atoms with van der Waals surface area (Å²) in [5.74, 6) is 0. The third-order valence-corrected chi connectivity index (χ3v) is 4.43. The molecule has 0 bridgehead atoms. The minimum atomic E-state index is -0.343. The molecule has 1 unspecified atom stereocenters. The summed E-state index contributed by atoms with van der Waals surface area (Å²) in [7, 11) is 0. The van der Waals surface area contributed by atoms with E-state index in [0.717, 1.165) is 18.4 Å². The van der Waals surface area contributed by atoms with Gasteiger partial charge < -0.3 is 5.11 Å². The molecule has 1 heterocycles. The summed E-state index contributed by atoms with van der Waals surface area (Å²) in [6.45, 7) is 0. The zero-order valence-electron chi connectivity index (χ0n) is 9.77. The van der Waals surface area contributed by atoms with Crippen LogP contribution in [0.15, 0.2) is 35.7 Å². The molecule has 2 rings (SSSR count). The van der Waals surface area contributed by atoms with Crippen molar-refractivity contribution < 1.29 is 5.11 Å². The van der Waals surface area contributed by atoms with E-state index >= 15 is 0 Å². The predicted octanol–water partition coefficient (Wildman–Crippen LogP) is 4.59. The number of halogens is 2. The van der Waals surface area contributed by atoms with Crippen molar-refractivity contribution in [2.24, 2.45) is 0 Å². The van der Waals surface area contributed by atoms with E-state index in [1.165, 1.54) is 4.88 Å². The Balaban J connectivity index is 1.86. The van der Waals surface area contributed by atoms with Crippen LogP contribution in [-0.4, -0.2) is 11.2 Å². The Morgan fingerprint density at radius 1 is 1.17 bits per heavy atom.